The quantitative estimate of drug-likeness (QED) is 0.708. The number of amides is 1. The second kappa shape index (κ2) is 5.86. The van der Waals surface area contributed by atoms with Crippen molar-refractivity contribution >= 4 is 5.91 Å². The summed E-state index contributed by atoms with van der Waals surface area (Å²) in [6.07, 6.45) is 6.74. The van der Waals surface area contributed by atoms with Crippen LogP contribution in [0.4, 0.5) is 0 Å². The molecule has 0 N–H and O–H groups in total. The second-order valence-electron chi connectivity index (χ2n) is 9.67. The summed E-state index contributed by atoms with van der Waals surface area (Å²) in [6, 6.07) is 9.29. The van der Waals surface area contributed by atoms with Crippen molar-refractivity contribution < 1.29 is 4.79 Å². The molecular formula is C23H33NO. The Bertz CT molecular complexity index is 670. The first kappa shape index (κ1) is 17.1. The Hall–Kier alpha value is -1.31. The molecule has 2 atom stereocenters. The van der Waals surface area contributed by atoms with E-state index in [4.69, 9.17) is 0 Å². The minimum Gasteiger partial charge on any atom is -0.339 e. The van der Waals surface area contributed by atoms with E-state index in [0.717, 1.165) is 38.1 Å². The monoisotopic (exact) mass is 339 g/mol. The fourth-order valence-corrected chi connectivity index (χ4v) is 5.88. The van der Waals surface area contributed by atoms with Gasteiger partial charge in [0.2, 0.25) is 5.91 Å². The number of piperidine rings is 1. The third kappa shape index (κ3) is 2.47. The zero-order chi connectivity index (χ0) is 17.8. The van der Waals surface area contributed by atoms with E-state index in [0.29, 0.717) is 11.9 Å². The Morgan fingerprint density at radius 2 is 1.76 bits per heavy atom. The first-order valence-corrected chi connectivity index (χ1v) is 10.2. The lowest BCUT2D eigenvalue weighted by Crippen LogP contribution is -2.65. The molecule has 2 bridgehead atoms. The number of benzene rings is 1. The summed E-state index contributed by atoms with van der Waals surface area (Å²) < 4.78 is 0. The van der Waals surface area contributed by atoms with Crippen LogP contribution in [-0.2, 0) is 16.6 Å². The Labute approximate surface area is 153 Å². The average molecular weight is 340 g/mol. The van der Waals surface area contributed by atoms with E-state index < -0.39 is 0 Å². The third-order valence-corrected chi connectivity index (χ3v) is 8.16. The van der Waals surface area contributed by atoms with Crippen LogP contribution in [0.25, 0.3) is 0 Å². The molecule has 1 heterocycles. The van der Waals surface area contributed by atoms with Gasteiger partial charge in [0.05, 0.1) is 0 Å². The van der Waals surface area contributed by atoms with Crippen LogP contribution < -0.4 is 0 Å². The fraction of sp³-hybridized carbons (Fsp3) is 0.696. The maximum atomic E-state index is 13.4. The third-order valence-electron chi connectivity index (χ3n) is 8.16. The van der Waals surface area contributed by atoms with Gasteiger partial charge in [0, 0.05) is 23.9 Å². The molecule has 2 nitrogen and oxygen atoms in total. The smallest absolute Gasteiger partial charge is 0.225 e. The predicted octanol–water partition coefficient (Wildman–Crippen LogP) is 4.95. The summed E-state index contributed by atoms with van der Waals surface area (Å²) >= 11 is 0. The van der Waals surface area contributed by atoms with E-state index in [-0.39, 0.29) is 16.7 Å². The van der Waals surface area contributed by atoms with Crippen molar-refractivity contribution in [2.45, 2.75) is 77.7 Å². The average Bonchev–Trinajstić information content (AvgIpc) is 2.58. The number of nitrogens with zero attached hydrogens (tertiary/aromatic N) is 1. The van der Waals surface area contributed by atoms with E-state index >= 15 is 0 Å². The first-order valence-electron chi connectivity index (χ1n) is 10.2. The molecule has 0 spiro atoms. The number of hydrogen-bond donors (Lipinski definition) is 0. The van der Waals surface area contributed by atoms with Crippen LogP contribution in [0.15, 0.2) is 24.3 Å². The molecular weight excluding hydrogens is 306 g/mol. The lowest BCUT2D eigenvalue weighted by atomic mass is 9.51. The molecule has 0 radical (unpaired) electrons. The summed E-state index contributed by atoms with van der Waals surface area (Å²) in [7, 11) is 0. The number of fused-ring (bicyclic) bond motifs is 4. The second-order valence-corrected chi connectivity index (χ2v) is 9.67. The van der Waals surface area contributed by atoms with Crippen molar-refractivity contribution in [3.63, 3.8) is 0 Å². The molecule has 1 saturated heterocycles. The predicted molar refractivity (Wildman–Crippen MR) is 103 cm³/mol. The molecule has 1 amide bonds. The molecule has 4 rings (SSSR count). The maximum absolute atomic E-state index is 13.4. The zero-order valence-corrected chi connectivity index (χ0v) is 16.3. The van der Waals surface area contributed by atoms with E-state index in [1.807, 2.05) is 0 Å². The van der Waals surface area contributed by atoms with Gasteiger partial charge in [0.15, 0.2) is 0 Å². The summed E-state index contributed by atoms with van der Waals surface area (Å²) in [5.41, 5.74) is 3.28. The minimum absolute atomic E-state index is 0.122. The number of carbonyl (C=O) groups is 1. The Morgan fingerprint density at radius 1 is 1.08 bits per heavy atom. The Morgan fingerprint density at radius 3 is 2.48 bits per heavy atom. The van der Waals surface area contributed by atoms with Crippen LogP contribution in [-0.4, -0.2) is 23.4 Å². The Kier molecular flexibility index (Phi) is 4.01. The topological polar surface area (TPSA) is 20.3 Å². The first-order chi connectivity index (χ1) is 11.8. The van der Waals surface area contributed by atoms with Gasteiger partial charge in [-0.25, -0.2) is 0 Å². The number of hydrogen-bond acceptors (Lipinski definition) is 1. The highest BCUT2D eigenvalue weighted by atomic mass is 16.2. The van der Waals surface area contributed by atoms with E-state index in [2.05, 4.69) is 56.9 Å². The minimum atomic E-state index is 0.122. The maximum Gasteiger partial charge on any atom is 0.225 e. The van der Waals surface area contributed by atoms with Crippen molar-refractivity contribution in [3.8, 4) is 0 Å². The molecule has 3 aliphatic rings. The van der Waals surface area contributed by atoms with Crippen molar-refractivity contribution in [3.05, 3.63) is 35.4 Å². The van der Waals surface area contributed by atoms with Gasteiger partial charge in [-0.3, -0.25) is 4.79 Å². The van der Waals surface area contributed by atoms with Crippen molar-refractivity contribution in [2.24, 2.45) is 17.3 Å². The summed E-state index contributed by atoms with van der Waals surface area (Å²) in [5.74, 6) is 1.52. The van der Waals surface area contributed by atoms with Gasteiger partial charge >= 0.3 is 0 Å². The van der Waals surface area contributed by atoms with Crippen LogP contribution in [0.2, 0.25) is 0 Å². The normalized spacial score (nSPS) is 36.6. The molecule has 1 aromatic rings. The SMILES string of the molecule is CC1CCC(C(=O)N2CC[C@@]3(C)c4ccccc4CC2C3(C)C)CC1. The highest BCUT2D eigenvalue weighted by Gasteiger charge is 2.57. The molecule has 1 unspecified atom stereocenters. The summed E-state index contributed by atoms with van der Waals surface area (Å²) in [4.78, 5) is 15.7. The lowest BCUT2D eigenvalue weighted by molar-refractivity contribution is -0.149. The van der Waals surface area contributed by atoms with E-state index in [9.17, 15) is 4.79 Å². The fourth-order valence-electron chi connectivity index (χ4n) is 5.88. The van der Waals surface area contributed by atoms with Gasteiger partial charge in [-0.15, -0.1) is 0 Å². The zero-order valence-electron chi connectivity index (χ0n) is 16.3. The number of likely N-dealkylation sites (tertiary alicyclic amines) is 1. The van der Waals surface area contributed by atoms with Gasteiger partial charge in [0.1, 0.15) is 0 Å². The molecule has 2 heteroatoms. The van der Waals surface area contributed by atoms with Crippen LogP contribution in [0.3, 0.4) is 0 Å². The molecule has 0 aromatic heterocycles. The standard InChI is InChI=1S/C23H33NO/c1-16-9-11-17(12-10-16)21(25)24-14-13-23(4)19-8-6-5-7-18(19)15-20(24)22(23,2)3/h5-8,16-17,20H,9-15H2,1-4H3/t16?,17?,20?,23-/m0/s1. The lowest BCUT2D eigenvalue weighted by Gasteiger charge is -2.61. The van der Waals surface area contributed by atoms with Crippen LogP contribution in [0, 0.1) is 17.3 Å². The van der Waals surface area contributed by atoms with Crippen LogP contribution >= 0.6 is 0 Å². The molecule has 1 aromatic carbocycles. The number of carbonyl (C=O) groups excluding carboxylic acids is 1. The largest absolute Gasteiger partial charge is 0.339 e. The van der Waals surface area contributed by atoms with Gasteiger partial charge in [-0.2, -0.15) is 0 Å². The Balaban J connectivity index is 1.65. The van der Waals surface area contributed by atoms with Gasteiger partial charge in [-0.1, -0.05) is 52.0 Å². The van der Waals surface area contributed by atoms with Gasteiger partial charge < -0.3 is 4.90 Å². The highest BCUT2D eigenvalue weighted by Crippen LogP contribution is 2.56. The highest BCUT2D eigenvalue weighted by molar-refractivity contribution is 5.80. The molecule has 2 fully saturated rings. The molecule has 2 aliphatic carbocycles. The molecule has 1 aliphatic heterocycles. The van der Waals surface area contributed by atoms with Crippen LogP contribution in [0.1, 0.15) is 70.9 Å². The van der Waals surface area contributed by atoms with Crippen LogP contribution in [0.5, 0.6) is 0 Å². The molecule has 1 saturated carbocycles. The molecule has 25 heavy (non-hydrogen) atoms. The van der Waals surface area contributed by atoms with Crippen molar-refractivity contribution in [2.75, 3.05) is 6.54 Å². The summed E-state index contributed by atoms with van der Waals surface area (Å²) in [6.45, 7) is 10.5. The van der Waals surface area contributed by atoms with Gasteiger partial charge in [0.25, 0.3) is 0 Å². The number of rotatable bonds is 1. The van der Waals surface area contributed by atoms with Crippen molar-refractivity contribution in [1.29, 1.82) is 0 Å². The summed E-state index contributed by atoms with van der Waals surface area (Å²) in [5, 5.41) is 0. The van der Waals surface area contributed by atoms with Gasteiger partial charge in [-0.05, 0) is 61.0 Å². The van der Waals surface area contributed by atoms with E-state index in [1.165, 1.54) is 24.0 Å². The van der Waals surface area contributed by atoms with E-state index in [1.54, 1.807) is 0 Å². The van der Waals surface area contributed by atoms with Crippen molar-refractivity contribution in [1.82, 2.24) is 4.90 Å². The molecule has 136 valence electrons.